The number of rotatable bonds is 5. The number of hydrogen-bond acceptors (Lipinski definition) is 3. The first-order chi connectivity index (χ1) is 8.74. The normalized spacial score (nSPS) is 10.3. The van der Waals surface area contributed by atoms with Gasteiger partial charge in [0.15, 0.2) is 0 Å². The Morgan fingerprint density at radius 2 is 2.11 bits per heavy atom. The lowest BCUT2D eigenvalue weighted by Gasteiger charge is -2.03. The van der Waals surface area contributed by atoms with Crippen LogP contribution in [-0.4, -0.2) is 10.9 Å². The molecule has 4 heteroatoms. The van der Waals surface area contributed by atoms with Crippen LogP contribution in [0.2, 0.25) is 0 Å². The highest BCUT2D eigenvalue weighted by Gasteiger charge is 2.03. The van der Waals surface area contributed by atoms with E-state index in [1.165, 1.54) is 5.56 Å². The molecule has 1 amide bonds. The van der Waals surface area contributed by atoms with E-state index in [0.29, 0.717) is 13.0 Å². The summed E-state index contributed by atoms with van der Waals surface area (Å²) in [7, 11) is 0. The SMILES string of the molecule is Cc1nc(CNC(=O)CCc2ccccc2)cs1. The first-order valence-electron chi connectivity index (χ1n) is 5.95. The molecule has 2 aromatic rings. The van der Waals surface area contributed by atoms with Gasteiger partial charge in [-0.1, -0.05) is 30.3 Å². The predicted octanol–water partition coefficient (Wildman–Crippen LogP) is 2.70. The molecule has 0 aliphatic heterocycles. The second kappa shape index (κ2) is 6.31. The maximum Gasteiger partial charge on any atom is 0.220 e. The summed E-state index contributed by atoms with van der Waals surface area (Å²) in [6.07, 6.45) is 1.30. The first kappa shape index (κ1) is 12.8. The molecule has 1 N–H and O–H groups in total. The molecule has 0 atom stereocenters. The molecular formula is C14H16N2OS. The van der Waals surface area contributed by atoms with Crippen molar-refractivity contribution < 1.29 is 4.79 Å². The molecule has 0 unspecified atom stereocenters. The number of nitrogens with one attached hydrogen (secondary N) is 1. The molecule has 3 nitrogen and oxygen atoms in total. The standard InChI is InChI=1S/C14H16N2OS/c1-11-16-13(10-18-11)9-15-14(17)8-7-12-5-3-2-4-6-12/h2-6,10H,7-9H2,1H3,(H,15,17). The summed E-state index contributed by atoms with van der Waals surface area (Å²) in [5.41, 5.74) is 2.13. The summed E-state index contributed by atoms with van der Waals surface area (Å²) in [5.74, 6) is 0.0736. The molecule has 94 valence electrons. The minimum atomic E-state index is 0.0736. The van der Waals surface area contributed by atoms with Gasteiger partial charge in [0.1, 0.15) is 0 Å². The monoisotopic (exact) mass is 260 g/mol. The molecule has 0 aliphatic rings. The summed E-state index contributed by atoms with van der Waals surface area (Å²) >= 11 is 1.60. The van der Waals surface area contributed by atoms with Gasteiger partial charge in [-0.2, -0.15) is 0 Å². The Labute approximate surface area is 111 Å². The lowest BCUT2D eigenvalue weighted by Crippen LogP contribution is -2.23. The number of thiazole rings is 1. The van der Waals surface area contributed by atoms with Crippen LogP contribution < -0.4 is 5.32 Å². The van der Waals surface area contributed by atoms with Gasteiger partial charge in [-0.3, -0.25) is 4.79 Å². The van der Waals surface area contributed by atoms with Crippen LogP contribution in [0.1, 0.15) is 22.7 Å². The lowest BCUT2D eigenvalue weighted by atomic mass is 10.1. The van der Waals surface area contributed by atoms with E-state index >= 15 is 0 Å². The van der Waals surface area contributed by atoms with Crippen LogP contribution in [-0.2, 0) is 17.8 Å². The van der Waals surface area contributed by atoms with E-state index in [9.17, 15) is 4.79 Å². The fourth-order valence-electron chi connectivity index (χ4n) is 1.67. The van der Waals surface area contributed by atoms with E-state index in [4.69, 9.17) is 0 Å². The Bertz CT molecular complexity index is 508. The second-order valence-electron chi connectivity index (χ2n) is 4.12. The van der Waals surface area contributed by atoms with Gasteiger partial charge in [0, 0.05) is 11.8 Å². The van der Waals surface area contributed by atoms with Crippen molar-refractivity contribution in [1.29, 1.82) is 0 Å². The van der Waals surface area contributed by atoms with Gasteiger partial charge in [-0.05, 0) is 18.9 Å². The highest BCUT2D eigenvalue weighted by molar-refractivity contribution is 7.09. The Morgan fingerprint density at radius 1 is 1.33 bits per heavy atom. The van der Waals surface area contributed by atoms with Gasteiger partial charge >= 0.3 is 0 Å². The van der Waals surface area contributed by atoms with Crippen molar-refractivity contribution in [2.45, 2.75) is 26.3 Å². The molecule has 1 heterocycles. The number of carbonyl (C=O) groups excluding carboxylic acids is 1. The maximum absolute atomic E-state index is 11.7. The summed E-state index contributed by atoms with van der Waals surface area (Å²) in [4.78, 5) is 16.0. The van der Waals surface area contributed by atoms with Crippen LogP contribution in [0, 0.1) is 6.92 Å². The van der Waals surface area contributed by atoms with Crippen molar-refractivity contribution in [2.24, 2.45) is 0 Å². The van der Waals surface area contributed by atoms with E-state index in [0.717, 1.165) is 17.1 Å². The zero-order valence-electron chi connectivity index (χ0n) is 10.3. The van der Waals surface area contributed by atoms with E-state index in [-0.39, 0.29) is 5.91 Å². The Morgan fingerprint density at radius 3 is 2.78 bits per heavy atom. The zero-order valence-corrected chi connectivity index (χ0v) is 11.2. The number of hydrogen-bond donors (Lipinski definition) is 1. The third kappa shape index (κ3) is 3.96. The van der Waals surface area contributed by atoms with Gasteiger partial charge < -0.3 is 5.32 Å². The van der Waals surface area contributed by atoms with Crippen molar-refractivity contribution in [2.75, 3.05) is 0 Å². The van der Waals surface area contributed by atoms with Gasteiger partial charge in [0.05, 0.1) is 17.2 Å². The van der Waals surface area contributed by atoms with Crippen molar-refractivity contribution >= 4 is 17.2 Å². The Balaban J connectivity index is 1.73. The fraction of sp³-hybridized carbons (Fsp3) is 0.286. The number of benzene rings is 1. The van der Waals surface area contributed by atoms with Crippen LogP contribution in [0.3, 0.4) is 0 Å². The molecule has 1 aromatic carbocycles. The van der Waals surface area contributed by atoms with Crippen molar-refractivity contribution in [3.8, 4) is 0 Å². The minimum absolute atomic E-state index is 0.0736. The summed E-state index contributed by atoms with van der Waals surface area (Å²) in [6, 6.07) is 10.0. The van der Waals surface area contributed by atoms with Gasteiger partial charge in [0.25, 0.3) is 0 Å². The van der Waals surface area contributed by atoms with E-state index < -0.39 is 0 Å². The molecule has 0 aliphatic carbocycles. The number of aryl methyl sites for hydroxylation is 2. The molecule has 0 radical (unpaired) electrons. The third-order valence-corrected chi connectivity index (χ3v) is 3.44. The topological polar surface area (TPSA) is 42.0 Å². The van der Waals surface area contributed by atoms with E-state index in [1.54, 1.807) is 11.3 Å². The van der Waals surface area contributed by atoms with Crippen LogP contribution >= 0.6 is 11.3 Å². The number of nitrogens with zero attached hydrogens (tertiary/aromatic N) is 1. The molecule has 0 saturated heterocycles. The Hall–Kier alpha value is -1.68. The summed E-state index contributed by atoms with van der Waals surface area (Å²) in [5, 5.41) is 5.90. The predicted molar refractivity (Wildman–Crippen MR) is 73.5 cm³/mol. The van der Waals surface area contributed by atoms with Crippen LogP contribution in [0.4, 0.5) is 0 Å². The van der Waals surface area contributed by atoms with Gasteiger partial charge in [-0.25, -0.2) is 4.98 Å². The molecular weight excluding hydrogens is 244 g/mol. The molecule has 0 saturated carbocycles. The molecule has 2 rings (SSSR count). The fourth-order valence-corrected chi connectivity index (χ4v) is 2.28. The Kier molecular flexibility index (Phi) is 4.47. The molecule has 18 heavy (non-hydrogen) atoms. The van der Waals surface area contributed by atoms with E-state index in [1.807, 2.05) is 42.6 Å². The van der Waals surface area contributed by atoms with Crippen LogP contribution in [0.25, 0.3) is 0 Å². The highest BCUT2D eigenvalue weighted by Crippen LogP contribution is 2.07. The van der Waals surface area contributed by atoms with E-state index in [2.05, 4.69) is 10.3 Å². The summed E-state index contributed by atoms with van der Waals surface area (Å²) in [6.45, 7) is 2.49. The smallest absolute Gasteiger partial charge is 0.220 e. The average Bonchev–Trinajstić information content (AvgIpc) is 2.81. The second-order valence-corrected chi connectivity index (χ2v) is 5.18. The molecule has 0 fully saturated rings. The van der Waals surface area contributed by atoms with Crippen molar-refractivity contribution in [1.82, 2.24) is 10.3 Å². The molecule has 0 spiro atoms. The average molecular weight is 260 g/mol. The highest BCUT2D eigenvalue weighted by atomic mass is 32.1. The van der Waals surface area contributed by atoms with Gasteiger partial charge in [-0.15, -0.1) is 11.3 Å². The minimum Gasteiger partial charge on any atom is -0.350 e. The zero-order chi connectivity index (χ0) is 12.8. The van der Waals surface area contributed by atoms with Crippen molar-refractivity contribution in [3.63, 3.8) is 0 Å². The van der Waals surface area contributed by atoms with Gasteiger partial charge in [0.2, 0.25) is 5.91 Å². The lowest BCUT2D eigenvalue weighted by molar-refractivity contribution is -0.121. The first-order valence-corrected chi connectivity index (χ1v) is 6.83. The van der Waals surface area contributed by atoms with Crippen molar-refractivity contribution in [3.05, 3.63) is 52.0 Å². The molecule has 0 bridgehead atoms. The molecule has 1 aromatic heterocycles. The largest absolute Gasteiger partial charge is 0.350 e. The number of carbonyl (C=O) groups is 1. The summed E-state index contributed by atoms with van der Waals surface area (Å²) < 4.78 is 0. The third-order valence-electron chi connectivity index (χ3n) is 2.62. The number of amides is 1. The quantitative estimate of drug-likeness (QED) is 0.898. The number of aromatic nitrogens is 1. The van der Waals surface area contributed by atoms with Crippen LogP contribution in [0.15, 0.2) is 35.7 Å². The van der Waals surface area contributed by atoms with Crippen LogP contribution in [0.5, 0.6) is 0 Å². The maximum atomic E-state index is 11.7.